The molecule has 0 aliphatic heterocycles. The van der Waals surface area contributed by atoms with Crippen LogP contribution in [0.3, 0.4) is 0 Å². The molecule has 0 saturated heterocycles. The van der Waals surface area contributed by atoms with Crippen molar-refractivity contribution in [3.8, 4) is 11.5 Å². The second-order valence-electron chi connectivity index (χ2n) is 9.27. The molecule has 1 aromatic heterocycles. The molecule has 2 aromatic rings. The molecule has 0 aliphatic rings. The molecular formula is C26H38N2O5. The van der Waals surface area contributed by atoms with Crippen LogP contribution in [0.4, 0.5) is 0 Å². The van der Waals surface area contributed by atoms with E-state index in [1.54, 1.807) is 36.3 Å². The molecule has 1 heterocycles. The quantitative estimate of drug-likeness (QED) is 0.494. The summed E-state index contributed by atoms with van der Waals surface area (Å²) in [5, 5.41) is 0. The molecule has 0 saturated carbocycles. The topological polar surface area (TPSA) is 72.2 Å². The molecule has 7 nitrogen and oxygen atoms in total. The summed E-state index contributed by atoms with van der Waals surface area (Å²) in [6.07, 6.45) is 3.00. The molecule has 0 fully saturated rings. The predicted octanol–water partition coefficient (Wildman–Crippen LogP) is 4.54. The number of hydrogen-bond acceptors (Lipinski definition) is 5. The van der Waals surface area contributed by atoms with Gasteiger partial charge in [-0.1, -0.05) is 33.8 Å². The summed E-state index contributed by atoms with van der Waals surface area (Å²) < 4.78 is 16.2. The van der Waals surface area contributed by atoms with Crippen molar-refractivity contribution in [1.82, 2.24) is 9.80 Å². The molecule has 182 valence electrons. The molecular weight excluding hydrogens is 420 g/mol. The van der Waals surface area contributed by atoms with E-state index in [4.69, 9.17) is 13.9 Å². The summed E-state index contributed by atoms with van der Waals surface area (Å²) in [6, 6.07) is 9.37. The number of carbonyl (C=O) groups excluding carboxylic acids is 2. The number of rotatable bonds is 11. The fraction of sp³-hybridized carbons (Fsp3) is 0.538. The second kappa shape index (κ2) is 11.8. The minimum atomic E-state index is -0.560. The molecule has 1 aromatic carbocycles. The third-order valence-corrected chi connectivity index (χ3v) is 5.73. The third kappa shape index (κ3) is 7.27. The maximum absolute atomic E-state index is 13.4. The Kier molecular flexibility index (Phi) is 9.38. The van der Waals surface area contributed by atoms with Gasteiger partial charge < -0.3 is 23.7 Å². The van der Waals surface area contributed by atoms with Gasteiger partial charge in [0.25, 0.3) is 0 Å². The summed E-state index contributed by atoms with van der Waals surface area (Å²) in [5.41, 5.74) is 0.462. The van der Waals surface area contributed by atoms with Crippen molar-refractivity contribution in [2.24, 2.45) is 5.41 Å². The molecule has 0 spiro atoms. The Balaban J connectivity index is 2.21. The van der Waals surface area contributed by atoms with E-state index >= 15 is 0 Å². The van der Waals surface area contributed by atoms with Gasteiger partial charge in [-0.15, -0.1) is 0 Å². The normalized spacial score (nSPS) is 12.2. The summed E-state index contributed by atoms with van der Waals surface area (Å²) in [6.45, 7) is 10.5. The average molecular weight is 459 g/mol. The fourth-order valence-electron chi connectivity index (χ4n) is 3.51. The number of carbonyl (C=O) groups is 2. The van der Waals surface area contributed by atoms with E-state index in [0.29, 0.717) is 36.8 Å². The van der Waals surface area contributed by atoms with E-state index in [0.717, 1.165) is 12.0 Å². The van der Waals surface area contributed by atoms with Crippen LogP contribution in [0.5, 0.6) is 11.5 Å². The van der Waals surface area contributed by atoms with Crippen LogP contribution < -0.4 is 9.47 Å². The first kappa shape index (κ1) is 26.3. The van der Waals surface area contributed by atoms with Crippen LogP contribution >= 0.6 is 0 Å². The van der Waals surface area contributed by atoms with Crippen LogP contribution in [-0.4, -0.2) is 55.0 Å². The van der Waals surface area contributed by atoms with Crippen LogP contribution in [-0.2, 0) is 22.6 Å². The Morgan fingerprint density at radius 1 is 1.09 bits per heavy atom. The van der Waals surface area contributed by atoms with Crippen LogP contribution in [0.15, 0.2) is 41.0 Å². The van der Waals surface area contributed by atoms with Gasteiger partial charge in [0, 0.05) is 18.0 Å². The first-order valence-electron chi connectivity index (χ1n) is 11.4. The largest absolute Gasteiger partial charge is 0.493 e. The second-order valence-corrected chi connectivity index (χ2v) is 9.27. The van der Waals surface area contributed by atoms with Crippen LogP contribution in [0.25, 0.3) is 0 Å². The number of hydrogen-bond donors (Lipinski definition) is 0. The van der Waals surface area contributed by atoms with Crippen molar-refractivity contribution in [3.05, 3.63) is 47.9 Å². The van der Waals surface area contributed by atoms with Gasteiger partial charge in [0.15, 0.2) is 11.5 Å². The van der Waals surface area contributed by atoms with Crippen molar-refractivity contribution in [2.75, 3.05) is 27.3 Å². The van der Waals surface area contributed by atoms with Gasteiger partial charge in [-0.2, -0.15) is 0 Å². The molecule has 0 bridgehead atoms. The smallest absolute Gasteiger partial charge is 0.242 e. The minimum Gasteiger partial charge on any atom is -0.493 e. The number of furan rings is 1. The molecule has 1 atom stereocenters. The van der Waals surface area contributed by atoms with E-state index in [1.165, 1.54) is 0 Å². The highest BCUT2D eigenvalue weighted by molar-refractivity contribution is 5.87. The van der Waals surface area contributed by atoms with E-state index in [9.17, 15) is 9.59 Å². The fourth-order valence-corrected chi connectivity index (χ4v) is 3.51. The summed E-state index contributed by atoms with van der Waals surface area (Å²) >= 11 is 0. The maximum Gasteiger partial charge on any atom is 0.242 e. The standard InChI is InChI=1S/C26H38N2O5/c1-8-19(2)28(25(30)26(3,4)5)18-24(29)27(17-21-10-9-15-33-21)14-13-20-11-12-22(31-6)23(16-20)32-7/h9-12,15-16,19H,8,13-14,17-18H2,1-7H3. The average Bonchev–Trinajstić information content (AvgIpc) is 3.31. The highest BCUT2D eigenvalue weighted by Gasteiger charge is 2.32. The summed E-state index contributed by atoms with van der Waals surface area (Å²) in [7, 11) is 3.20. The Bertz CT molecular complexity index is 902. The van der Waals surface area contributed by atoms with Crippen LogP contribution in [0, 0.1) is 5.41 Å². The Labute approximate surface area is 197 Å². The molecule has 33 heavy (non-hydrogen) atoms. The molecule has 7 heteroatoms. The molecule has 0 aliphatic carbocycles. The molecule has 2 amide bonds. The van der Waals surface area contributed by atoms with Crippen LogP contribution in [0.2, 0.25) is 0 Å². The maximum atomic E-state index is 13.4. The number of ether oxygens (including phenoxy) is 2. The van der Waals surface area contributed by atoms with E-state index in [1.807, 2.05) is 58.9 Å². The highest BCUT2D eigenvalue weighted by atomic mass is 16.5. The van der Waals surface area contributed by atoms with Gasteiger partial charge >= 0.3 is 0 Å². The number of nitrogens with zero attached hydrogens (tertiary/aromatic N) is 2. The molecule has 0 radical (unpaired) electrons. The van der Waals surface area contributed by atoms with Gasteiger partial charge in [-0.05, 0) is 49.6 Å². The van der Waals surface area contributed by atoms with Crippen molar-refractivity contribution >= 4 is 11.8 Å². The predicted molar refractivity (Wildman–Crippen MR) is 128 cm³/mol. The van der Waals surface area contributed by atoms with Crippen molar-refractivity contribution in [2.45, 2.75) is 60.0 Å². The minimum absolute atomic E-state index is 0.0250. The Morgan fingerprint density at radius 3 is 2.33 bits per heavy atom. The lowest BCUT2D eigenvalue weighted by Gasteiger charge is -2.35. The SMILES string of the molecule is CCC(C)N(CC(=O)N(CCc1ccc(OC)c(OC)c1)Cc1ccco1)C(=O)C(C)(C)C. The first-order valence-corrected chi connectivity index (χ1v) is 11.4. The third-order valence-electron chi connectivity index (χ3n) is 5.73. The van der Waals surface area contributed by atoms with Gasteiger partial charge in [-0.25, -0.2) is 0 Å². The van der Waals surface area contributed by atoms with Gasteiger partial charge in [-0.3, -0.25) is 9.59 Å². The van der Waals surface area contributed by atoms with Gasteiger partial charge in [0.05, 0.1) is 27.0 Å². The zero-order valence-electron chi connectivity index (χ0n) is 21.0. The van der Waals surface area contributed by atoms with Gasteiger partial charge in [0.2, 0.25) is 11.8 Å². The first-order chi connectivity index (χ1) is 15.6. The number of amides is 2. The summed E-state index contributed by atoms with van der Waals surface area (Å²) in [5.74, 6) is 1.88. The lowest BCUT2D eigenvalue weighted by Crippen LogP contribution is -2.50. The van der Waals surface area contributed by atoms with E-state index in [2.05, 4.69) is 0 Å². The molecule has 2 rings (SSSR count). The van der Waals surface area contributed by atoms with Crippen molar-refractivity contribution in [1.29, 1.82) is 0 Å². The van der Waals surface area contributed by atoms with Crippen LogP contribution in [0.1, 0.15) is 52.4 Å². The lowest BCUT2D eigenvalue weighted by atomic mass is 9.93. The Hall–Kier alpha value is -2.96. The highest BCUT2D eigenvalue weighted by Crippen LogP contribution is 2.28. The zero-order valence-corrected chi connectivity index (χ0v) is 21.0. The van der Waals surface area contributed by atoms with E-state index in [-0.39, 0.29) is 24.4 Å². The molecule has 0 N–H and O–H groups in total. The van der Waals surface area contributed by atoms with Crippen molar-refractivity contribution < 1.29 is 23.5 Å². The zero-order chi connectivity index (χ0) is 24.6. The monoisotopic (exact) mass is 458 g/mol. The van der Waals surface area contributed by atoms with Crippen molar-refractivity contribution in [3.63, 3.8) is 0 Å². The molecule has 1 unspecified atom stereocenters. The van der Waals surface area contributed by atoms with Gasteiger partial charge in [0.1, 0.15) is 12.3 Å². The lowest BCUT2D eigenvalue weighted by molar-refractivity contribution is -0.148. The number of benzene rings is 1. The number of methoxy groups -OCH3 is 2. The Morgan fingerprint density at radius 2 is 1.79 bits per heavy atom. The summed E-state index contributed by atoms with van der Waals surface area (Å²) in [4.78, 5) is 29.9. The van der Waals surface area contributed by atoms with E-state index < -0.39 is 5.41 Å².